The number of halogens is 3. The first-order valence-electron chi connectivity index (χ1n) is 10.3. The molecule has 0 aliphatic rings. The number of nitrogens with zero attached hydrogens (tertiary/aromatic N) is 4. The Morgan fingerprint density at radius 2 is 1.79 bits per heavy atom. The quantitative estimate of drug-likeness (QED) is 0.298. The number of carbonyl (C=O) groups is 1. The molecule has 0 atom stereocenters. The molecule has 2 heterocycles. The van der Waals surface area contributed by atoms with Gasteiger partial charge in [0.2, 0.25) is 0 Å². The zero-order valence-electron chi connectivity index (χ0n) is 17.9. The summed E-state index contributed by atoms with van der Waals surface area (Å²) >= 11 is 18.7. The van der Waals surface area contributed by atoms with Crippen LogP contribution in [0.1, 0.15) is 23.7 Å². The monoisotopic (exact) mass is 514 g/mol. The van der Waals surface area contributed by atoms with Crippen molar-refractivity contribution in [2.24, 2.45) is 0 Å². The second-order valence-electron chi connectivity index (χ2n) is 7.24. The third-order valence-corrected chi connectivity index (χ3v) is 5.91. The van der Waals surface area contributed by atoms with Gasteiger partial charge in [-0.15, -0.1) is 5.10 Å². The predicted octanol–water partition coefficient (Wildman–Crippen LogP) is 5.90. The maximum Gasteiger partial charge on any atom is 0.343 e. The summed E-state index contributed by atoms with van der Waals surface area (Å²) in [6.07, 6.45) is 0.0477. The summed E-state index contributed by atoms with van der Waals surface area (Å²) in [5, 5.41) is 15.7. The minimum absolute atomic E-state index is 0.0461. The summed E-state index contributed by atoms with van der Waals surface area (Å²) in [6.45, 7) is 1.81. The molecule has 4 aromatic rings. The fraction of sp³-hybridized carbons (Fsp3) is 0.167. The molecule has 0 aliphatic carbocycles. The van der Waals surface area contributed by atoms with Gasteiger partial charge in [-0.05, 0) is 43.3 Å². The average molecular weight is 516 g/mol. The fourth-order valence-electron chi connectivity index (χ4n) is 3.64. The summed E-state index contributed by atoms with van der Waals surface area (Å²) in [7, 11) is 0. The summed E-state index contributed by atoms with van der Waals surface area (Å²) in [5.74, 6) is -0.751. The average Bonchev–Trinajstić information content (AvgIpc) is 3.17. The van der Waals surface area contributed by atoms with Crippen LogP contribution >= 0.6 is 34.8 Å². The molecule has 2 aromatic heterocycles. The molecule has 7 nitrogen and oxygen atoms in total. The van der Waals surface area contributed by atoms with E-state index >= 15 is 0 Å². The highest BCUT2D eigenvalue weighted by atomic mass is 35.5. The van der Waals surface area contributed by atoms with E-state index in [4.69, 9.17) is 44.8 Å². The van der Waals surface area contributed by atoms with Gasteiger partial charge < -0.3 is 4.74 Å². The highest BCUT2D eigenvalue weighted by Gasteiger charge is 2.24. The molecule has 10 heteroatoms. The van der Waals surface area contributed by atoms with Crippen LogP contribution in [-0.4, -0.2) is 26.9 Å². The standard InChI is InChI=1S/C24H17Cl3N4O3/c1-2-34-24(33)18-13-17-21(14-4-6-15(25)7-5-14)31(20-9-8-16(26)12-19(20)27)29-22(17)30(23(18)32)11-3-10-28/h4-9,12-13H,2-3,11H2,1H3. The Morgan fingerprint density at radius 3 is 2.44 bits per heavy atom. The van der Waals surface area contributed by atoms with E-state index in [2.05, 4.69) is 5.10 Å². The van der Waals surface area contributed by atoms with Crippen molar-refractivity contribution in [3.8, 4) is 23.0 Å². The minimum atomic E-state index is -0.751. The first-order chi connectivity index (χ1) is 16.3. The van der Waals surface area contributed by atoms with Gasteiger partial charge in [-0.1, -0.05) is 46.9 Å². The summed E-state index contributed by atoms with van der Waals surface area (Å²) in [6, 6.07) is 15.5. The molecule has 0 unspecified atom stereocenters. The molecule has 0 aliphatic heterocycles. The van der Waals surface area contributed by atoms with E-state index in [9.17, 15) is 9.59 Å². The van der Waals surface area contributed by atoms with Gasteiger partial charge in [-0.2, -0.15) is 5.26 Å². The van der Waals surface area contributed by atoms with Crippen LogP contribution in [0.2, 0.25) is 15.1 Å². The number of hydrogen-bond donors (Lipinski definition) is 0. The molecular formula is C24H17Cl3N4O3. The maximum atomic E-state index is 13.2. The number of aryl methyl sites for hydroxylation is 1. The predicted molar refractivity (Wildman–Crippen MR) is 132 cm³/mol. The van der Waals surface area contributed by atoms with E-state index in [1.54, 1.807) is 54.1 Å². The molecular weight excluding hydrogens is 499 g/mol. The lowest BCUT2D eigenvalue weighted by atomic mass is 10.1. The Bertz CT molecular complexity index is 1500. The first-order valence-corrected chi connectivity index (χ1v) is 11.4. The Morgan fingerprint density at radius 1 is 1.09 bits per heavy atom. The van der Waals surface area contributed by atoms with Gasteiger partial charge in [-0.25, -0.2) is 9.48 Å². The highest BCUT2D eigenvalue weighted by molar-refractivity contribution is 6.35. The molecule has 4 rings (SSSR count). The molecule has 0 saturated carbocycles. The molecule has 0 bridgehead atoms. The number of fused-ring (bicyclic) bond motifs is 1. The lowest BCUT2D eigenvalue weighted by molar-refractivity contribution is 0.0524. The number of pyridine rings is 1. The van der Waals surface area contributed by atoms with E-state index < -0.39 is 11.5 Å². The van der Waals surface area contributed by atoms with Gasteiger partial charge in [0.15, 0.2) is 5.65 Å². The Kier molecular flexibility index (Phi) is 6.94. The number of rotatable bonds is 6. The van der Waals surface area contributed by atoms with E-state index in [1.165, 1.54) is 10.6 Å². The molecule has 172 valence electrons. The van der Waals surface area contributed by atoms with Crippen molar-refractivity contribution in [3.05, 3.63) is 79.5 Å². The van der Waals surface area contributed by atoms with Gasteiger partial charge in [0, 0.05) is 27.5 Å². The van der Waals surface area contributed by atoms with Crippen LogP contribution in [0.25, 0.3) is 28.0 Å². The van der Waals surface area contributed by atoms with Gasteiger partial charge in [-0.3, -0.25) is 9.36 Å². The Labute approximate surface area is 209 Å². The van der Waals surface area contributed by atoms with Gasteiger partial charge in [0.25, 0.3) is 5.56 Å². The van der Waals surface area contributed by atoms with Crippen molar-refractivity contribution < 1.29 is 9.53 Å². The molecule has 2 aromatic carbocycles. The Hall–Kier alpha value is -3.31. The zero-order chi connectivity index (χ0) is 24.4. The maximum absolute atomic E-state index is 13.2. The van der Waals surface area contributed by atoms with Crippen LogP contribution < -0.4 is 5.56 Å². The van der Waals surface area contributed by atoms with Gasteiger partial charge >= 0.3 is 5.97 Å². The minimum Gasteiger partial charge on any atom is -0.462 e. The number of benzene rings is 2. The zero-order valence-corrected chi connectivity index (χ0v) is 20.2. The highest BCUT2D eigenvalue weighted by Crippen LogP contribution is 2.35. The van der Waals surface area contributed by atoms with Crippen LogP contribution in [0.4, 0.5) is 0 Å². The molecule has 0 N–H and O–H groups in total. The number of carbonyl (C=O) groups excluding carboxylic acids is 1. The second-order valence-corrected chi connectivity index (χ2v) is 8.52. The molecule has 34 heavy (non-hydrogen) atoms. The molecule has 0 amide bonds. The van der Waals surface area contributed by atoms with Gasteiger partial charge in [0.1, 0.15) is 5.56 Å². The lowest BCUT2D eigenvalue weighted by Gasteiger charge is -2.10. The normalized spacial score (nSPS) is 10.9. The van der Waals surface area contributed by atoms with Crippen LogP contribution in [0.5, 0.6) is 0 Å². The van der Waals surface area contributed by atoms with E-state index in [1.807, 2.05) is 6.07 Å². The Balaban J connectivity index is 2.13. The van der Waals surface area contributed by atoms with Crippen molar-refractivity contribution >= 4 is 51.8 Å². The smallest absolute Gasteiger partial charge is 0.343 e. The lowest BCUT2D eigenvalue weighted by Crippen LogP contribution is -2.27. The fourth-order valence-corrected chi connectivity index (χ4v) is 4.25. The number of ether oxygens (including phenoxy) is 1. The number of hydrogen-bond acceptors (Lipinski definition) is 5. The van der Waals surface area contributed by atoms with Crippen molar-refractivity contribution in [1.29, 1.82) is 5.26 Å². The first kappa shape index (κ1) is 23.8. The van der Waals surface area contributed by atoms with Crippen LogP contribution in [0.3, 0.4) is 0 Å². The summed E-state index contributed by atoms with van der Waals surface area (Å²) in [4.78, 5) is 25.8. The third-order valence-electron chi connectivity index (χ3n) is 5.12. The topological polar surface area (TPSA) is 89.9 Å². The second kappa shape index (κ2) is 9.90. The van der Waals surface area contributed by atoms with Crippen molar-refractivity contribution in [3.63, 3.8) is 0 Å². The van der Waals surface area contributed by atoms with E-state index in [-0.39, 0.29) is 25.1 Å². The van der Waals surface area contributed by atoms with Crippen molar-refractivity contribution in [2.75, 3.05) is 6.61 Å². The van der Waals surface area contributed by atoms with Crippen molar-refractivity contribution in [1.82, 2.24) is 14.3 Å². The van der Waals surface area contributed by atoms with Crippen molar-refractivity contribution in [2.45, 2.75) is 19.9 Å². The molecule has 0 saturated heterocycles. The SMILES string of the molecule is CCOC(=O)c1cc2c(-c3ccc(Cl)cc3)n(-c3ccc(Cl)cc3Cl)nc2n(CCC#N)c1=O. The van der Waals surface area contributed by atoms with E-state index in [0.717, 1.165) is 5.56 Å². The summed E-state index contributed by atoms with van der Waals surface area (Å²) in [5.41, 5.74) is 1.37. The number of nitriles is 1. The van der Waals surface area contributed by atoms with Crippen LogP contribution in [-0.2, 0) is 11.3 Å². The van der Waals surface area contributed by atoms with Gasteiger partial charge in [0.05, 0.1) is 35.5 Å². The third kappa shape index (κ3) is 4.40. The largest absolute Gasteiger partial charge is 0.462 e. The number of aromatic nitrogens is 3. The van der Waals surface area contributed by atoms with Crippen LogP contribution in [0.15, 0.2) is 53.3 Å². The molecule has 0 spiro atoms. The molecule has 0 fully saturated rings. The number of esters is 1. The van der Waals surface area contributed by atoms with E-state index in [0.29, 0.717) is 37.5 Å². The van der Waals surface area contributed by atoms with Crippen LogP contribution in [0, 0.1) is 11.3 Å². The summed E-state index contributed by atoms with van der Waals surface area (Å²) < 4.78 is 8.00. The molecule has 0 radical (unpaired) electrons.